The van der Waals surface area contributed by atoms with Crippen molar-refractivity contribution >= 4 is 22.8 Å². The first-order valence-electron chi connectivity index (χ1n) is 10.5. The number of fused-ring (bicyclic) bond motifs is 1. The van der Waals surface area contributed by atoms with Crippen molar-refractivity contribution in [3.63, 3.8) is 0 Å². The molecule has 1 aromatic carbocycles. The third-order valence-corrected chi connectivity index (χ3v) is 6.00. The summed E-state index contributed by atoms with van der Waals surface area (Å²) in [5.41, 5.74) is 2.71. The Labute approximate surface area is 171 Å². The number of hydrogen-bond donors (Lipinski definition) is 3. The Balaban J connectivity index is 0.000000353. The van der Waals surface area contributed by atoms with E-state index in [1.54, 1.807) is 0 Å². The third-order valence-electron chi connectivity index (χ3n) is 6.00. The fourth-order valence-corrected chi connectivity index (χ4v) is 4.41. The minimum absolute atomic E-state index is 0.868. The second-order valence-corrected chi connectivity index (χ2v) is 7.93. The summed E-state index contributed by atoms with van der Waals surface area (Å²) in [7, 11) is 0. The van der Waals surface area contributed by atoms with E-state index >= 15 is 0 Å². The maximum Gasteiger partial charge on any atom is 0.414 e. The highest BCUT2D eigenvalue weighted by Gasteiger charge is 2.24. The number of aromatic amines is 1. The molecule has 1 aliphatic heterocycles. The second-order valence-electron chi connectivity index (χ2n) is 7.93. The lowest BCUT2D eigenvalue weighted by atomic mass is 10.1. The largest absolute Gasteiger partial charge is 0.473 e. The topological polar surface area (TPSA) is 96.9 Å². The first kappa shape index (κ1) is 21.3. The first-order chi connectivity index (χ1) is 14.0. The molecular formula is C22H31N3O4. The van der Waals surface area contributed by atoms with Crippen LogP contribution in [0.1, 0.15) is 44.1 Å². The molecule has 1 aliphatic carbocycles. The summed E-state index contributed by atoms with van der Waals surface area (Å²) < 4.78 is 0. The number of carboxylic acids is 2. The predicted molar refractivity (Wildman–Crippen MR) is 112 cm³/mol. The van der Waals surface area contributed by atoms with Crippen LogP contribution in [-0.4, -0.2) is 69.2 Å². The van der Waals surface area contributed by atoms with Crippen LogP contribution in [0.25, 0.3) is 10.9 Å². The Morgan fingerprint density at radius 2 is 1.55 bits per heavy atom. The Morgan fingerprint density at radius 1 is 0.931 bits per heavy atom. The highest BCUT2D eigenvalue weighted by Crippen LogP contribution is 2.24. The van der Waals surface area contributed by atoms with Crippen molar-refractivity contribution in [2.45, 2.75) is 51.1 Å². The minimum Gasteiger partial charge on any atom is -0.473 e. The van der Waals surface area contributed by atoms with E-state index in [-0.39, 0.29) is 0 Å². The van der Waals surface area contributed by atoms with E-state index in [4.69, 9.17) is 19.8 Å². The summed E-state index contributed by atoms with van der Waals surface area (Å²) >= 11 is 0. The average molecular weight is 402 g/mol. The number of para-hydroxylation sites is 1. The molecule has 1 aromatic heterocycles. The molecule has 0 amide bonds. The SMILES string of the molecule is O=C(O)C(=O)O.c1ccc2c(CN3CCN(C4CCCCCC4)CC3)c[nH]c2c1. The summed E-state index contributed by atoms with van der Waals surface area (Å²) in [4.78, 5) is 27.0. The first-order valence-corrected chi connectivity index (χ1v) is 10.5. The molecule has 2 fully saturated rings. The molecule has 4 rings (SSSR count). The lowest BCUT2D eigenvalue weighted by molar-refractivity contribution is -0.159. The minimum atomic E-state index is -1.82. The van der Waals surface area contributed by atoms with Gasteiger partial charge < -0.3 is 15.2 Å². The smallest absolute Gasteiger partial charge is 0.414 e. The number of aliphatic carboxylic acids is 2. The molecule has 2 aromatic rings. The molecule has 0 atom stereocenters. The summed E-state index contributed by atoms with van der Waals surface area (Å²) in [5.74, 6) is -3.65. The molecule has 0 radical (unpaired) electrons. The van der Waals surface area contributed by atoms with E-state index in [9.17, 15) is 0 Å². The van der Waals surface area contributed by atoms with Gasteiger partial charge in [0.15, 0.2) is 0 Å². The van der Waals surface area contributed by atoms with Crippen LogP contribution in [0.3, 0.4) is 0 Å². The number of H-pyrrole nitrogens is 1. The molecular weight excluding hydrogens is 370 g/mol. The number of carbonyl (C=O) groups is 2. The zero-order valence-electron chi connectivity index (χ0n) is 16.8. The van der Waals surface area contributed by atoms with Gasteiger partial charge in [0.05, 0.1) is 0 Å². The van der Waals surface area contributed by atoms with E-state index in [1.165, 1.54) is 81.2 Å². The maximum absolute atomic E-state index is 9.10. The number of carboxylic acid groups (broad SMARTS) is 2. The van der Waals surface area contributed by atoms with E-state index in [1.807, 2.05) is 0 Å². The normalized spacial score (nSPS) is 19.3. The molecule has 29 heavy (non-hydrogen) atoms. The van der Waals surface area contributed by atoms with Gasteiger partial charge in [-0.05, 0) is 24.5 Å². The number of piperazine rings is 1. The van der Waals surface area contributed by atoms with E-state index in [2.05, 4.69) is 45.2 Å². The number of nitrogens with one attached hydrogen (secondary N) is 1. The summed E-state index contributed by atoms with van der Waals surface area (Å²) in [5, 5.41) is 16.2. The van der Waals surface area contributed by atoms with Crippen LogP contribution in [0.5, 0.6) is 0 Å². The van der Waals surface area contributed by atoms with Crippen molar-refractivity contribution in [2.24, 2.45) is 0 Å². The summed E-state index contributed by atoms with van der Waals surface area (Å²) in [6, 6.07) is 9.52. The van der Waals surface area contributed by atoms with Crippen molar-refractivity contribution < 1.29 is 19.8 Å². The van der Waals surface area contributed by atoms with E-state index in [0.29, 0.717) is 0 Å². The van der Waals surface area contributed by atoms with E-state index < -0.39 is 11.9 Å². The monoisotopic (exact) mass is 401 g/mol. The van der Waals surface area contributed by atoms with Gasteiger partial charge >= 0.3 is 11.9 Å². The van der Waals surface area contributed by atoms with Crippen molar-refractivity contribution in [1.82, 2.24) is 14.8 Å². The second kappa shape index (κ2) is 10.4. The van der Waals surface area contributed by atoms with Gasteiger partial charge in [-0.2, -0.15) is 0 Å². The lowest BCUT2D eigenvalue weighted by Gasteiger charge is -2.39. The molecule has 158 valence electrons. The zero-order valence-corrected chi connectivity index (χ0v) is 16.8. The van der Waals surface area contributed by atoms with Crippen molar-refractivity contribution in [3.05, 3.63) is 36.0 Å². The van der Waals surface area contributed by atoms with Crippen molar-refractivity contribution in [1.29, 1.82) is 0 Å². The fourth-order valence-electron chi connectivity index (χ4n) is 4.41. The van der Waals surface area contributed by atoms with Gasteiger partial charge in [-0.25, -0.2) is 9.59 Å². The molecule has 7 heteroatoms. The molecule has 0 spiro atoms. The number of hydrogen-bond acceptors (Lipinski definition) is 4. The summed E-state index contributed by atoms with van der Waals surface area (Å²) in [6.45, 7) is 6.04. The van der Waals surface area contributed by atoms with Crippen LogP contribution in [0.4, 0.5) is 0 Å². The molecule has 1 saturated carbocycles. The summed E-state index contributed by atoms with van der Waals surface area (Å²) in [6.07, 6.45) is 10.9. The van der Waals surface area contributed by atoms with Gasteiger partial charge in [0.1, 0.15) is 0 Å². The molecule has 2 heterocycles. The Morgan fingerprint density at radius 3 is 2.17 bits per heavy atom. The zero-order chi connectivity index (χ0) is 20.6. The van der Waals surface area contributed by atoms with Crippen LogP contribution >= 0.6 is 0 Å². The van der Waals surface area contributed by atoms with Crippen molar-refractivity contribution in [2.75, 3.05) is 26.2 Å². The fraction of sp³-hybridized carbons (Fsp3) is 0.545. The lowest BCUT2D eigenvalue weighted by Crippen LogP contribution is -2.49. The highest BCUT2D eigenvalue weighted by atomic mass is 16.4. The highest BCUT2D eigenvalue weighted by molar-refractivity contribution is 6.27. The van der Waals surface area contributed by atoms with Gasteiger partial charge in [0.25, 0.3) is 0 Å². The molecule has 0 unspecified atom stereocenters. The van der Waals surface area contributed by atoms with Crippen LogP contribution < -0.4 is 0 Å². The van der Waals surface area contributed by atoms with Crippen LogP contribution in [0.15, 0.2) is 30.5 Å². The molecule has 3 N–H and O–H groups in total. The van der Waals surface area contributed by atoms with Crippen LogP contribution in [0.2, 0.25) is 0 Å². The van der Waals surface area contributed by atoms with Gasteiger partial charge in [-0.15, -0.1) is 0 Å². The molecule has 2 aliphatic rings. The third kappa shape index (κ3) is 6.05. The van der Waals surface area contributed by atoms with Gasteiger partial charge in [0.2, 0.25) is 0 Å². The maximum atomic E-state index is 9.10. The van der Waals surface area contributed by atoms with Gasteiger partial charge in [0, 0.05) is 55.9 Å². The predicted octanol–water partition coefficient (Wildman–Crippen LogP) is 3.16. The number of benzene rings is 1. The molecule has 7 nitrogen and oxygen atoms in total. The molecule has 0 bridgehead atoms. The van der Waals surface area contributed by atoms with Crippen LogP contribution in [-0.2, 0) is 16.1 Å². The average Bonchev–Trinajstić information content (AvgIpc) is 2.94. The number of nitrogens with zero attached hydrogens (tertiary/aromatic N) is 2. The number of aromatic nitrogens is 1. The Bertz CT molecular complexity index is 791. The van der Waals surface area contributed by atoms with Crippen LogP contribution in [0, 0.1) is 0 Å². The number of rotatable bonds is 3. The Hall–Kier alpha value is -2.38. The Kier molecular flexibility index (Phi) is 7.66. The standard InChI is InChI=1S/C20H29N3.C2H2O4/c1-2-4-8-18(7-3-1)23-13-11-22(12-14-23)16-17-15-21-20-10-6-5-9-19(17)20;3-1(4)2(5)6/h5-6,9-10,15,18,21H,1-4,7-8,11-14,16H2;(H,3,4)(H,5,6). The van der Waals surface area contributed by atoms with Gasteiger partial charge in [-0.3, -0.25) is 9.80 Å². The van der Waals surface area contributed by atoms with Gasteiger partial charge in [-0.1, -0.05) is 43.9 Å². The van der Waals surface area contributed by atoms with E-state index in [0.717, 1.165) is 12.6 Å². The molecule has 1 saturated heterocycles. The van der Waals surface area contributed by atoms with Crippen molar-refractivity contribution in [3.8, 4) is 0 Å². The quantitative estimate of drug-likeness (QED) is 0.540.